The summed E-state index contributed by atoms with van der Waals surface area (Å²) in [5, 5.41) is 0. The van der Waals surface area contributed by atoms with Gasteiger partial charge in [0.15, 0.2) is 0 Å². The van der Waals surface area contributed by atoms with Crippen LogP contribution in [0.25, 0.3) is 6.08 Å². The molecular formula is C24H26. The van der Waals surface area contributed by atoms with Crippen molar-refractivity contribution in [3.63, 3.8) is 0 Å². The van der Waals surface area contributed by atoms with Gasteiger partial charge in [0.05, 0.1) is 0 Å². The van der Waals surface area contributed by atoms with Gasteiger partial charge in [0.25, 0.3) is 0 Å². The van der Waals surface area contributed by atoms with Crippen LogP contribution in [-0.4, -0.2) is 0 Å². The monoisotopic (exact) mass is 314 g/mol. The van der Waals surface area contributed by atoms with Crippen molar-refractivity contribution in [3.8, 4) is 12.3 Å². The Kier molecular flexibility index (Phi) is 11.9. The van der Waals surface area contributed by atoms with Crippen LogP contribution < -0.4 is 0 Å². The Hall–Kier alpha value is -3.04. The fraction of sp³-hybridized carbons (Fsp3) is 0.0833. The number of hydrogen-bond acceptors (Lipinski definition) is 0. The Balaban J connectivity index is 0.000000325. The van der Waals surface area contributed by atoms with E-state index in [9.17, 15) is 0 Å². The lowest BCUT2D eigenvalue weighted by Gasteiger charge is -1.85. The molecule has 0 aliphatic carbocycles. The maximum Gasteiger partial charge on any atom is 0.0242 e. The minimum Gasteiger partial charge on any atom is -0.115 e. The van der Waals surface area contributed by atoms with E-state index < -0.39 is 0 Å². The molecule has 0 spiro atoms. The first-order valence-corrected chi connectivity index (χ1v) is 7.47. The van der Waals surface area contributed by atoms with E-state index in [1.807, 2.05) is 84.9 Å². The molecule has 0 aliphatic rings. The minimum absolute atomic E-state index is 0. The molecule has 122 valence electrons. The van der Waals surface area contributed by atoms with Crippen LogP contribution in [0.4, 0.5) is 0 Å². The maximum absolute atomic E-state index is 5.10. The summed E-state index contributed by atoms with van der Waals surface area (Å²) in [6.45, 7) is 5.71. The Morgan fingerprint density at radius 3 is 1.42 bits per heavy atom. The third-order valence-corrected chi connectivity index (χ3v) is 2.92. The molecule has 0 aliphatic heterocycles. The predicted octanol–water partition coefficient (Wildman–Crippen LogP) is 6.63. The number of aryl methyl sites for hydroxylation is 1. The van der Waals surface area contributed by atoms with Gasteiger partial charge in [0.2, 0.25) is 0 Å². The van der Waals surface area contributed by atoms with Crippen LogP contribution in [0.1, 0.15) is 24.1 Å². The molecule has 0 amide bonds. The van der Waals surface area contributed by atoms with Crippen LogP contribution >= 0.6 is 0 Å². The fourth-order valence-electron chi connectivity index (χ4n) is 1.66. The average Bonchev–Trinajstić information content (AvgIpc) is 2.65. The highest BCUT2D eigenvalue weighted by molar-refractivity contribution is 5.45. The van der Waals surface area contributed by atoms with E-state index in [0.29, 0.717) is 0 Å². The van der Waals surface area contributed by atoms with Gasteiger partial charge in [-0.3, -0.25) is 0 Å². The molecule has 0 saturated carbocycles. The maximum atomic E-state index is 5.10. The second-order valence-corrected chi connectivity index (χ2v) is 4.78. The number of terminal acetylenes is 1. The summed E-state index contributed by atoms with van der Waals surface area (Å²) in [6.07, 6.45) is 6.93. The lowest BCUT2D eigenvalue weighted by atomic mass is 10.2. The molecule has 0 heteroatoms. The summed E-state index contributed by atoms with van der Waals surface area (Å²) in [5.74, 6) is 2.53. The van der Waals surface area contributed by atoms with Gasteiger partial charge in [-0.2, -0.15) is 0 Å². The van der Waals surface area contributed by atoms with Crippen molar-refractivity contribution in [2.45, 2.75) is 14.4 Å². The average molecular weight is 314 g/mol. The fourth-order valence-corrected chi connectivity index (χ4v) is 1.66. The van der Waals surface area contributed by atoms with Gasteiger partial charge in [0, 0.05) is 5.56 Å². The molecule has 0 fully saturated rings. The highest BCUT2D eigenvalue weighted by Gasteiger charge is 1.77. The summed E-state index contributed by atoms with van der Waals surface area (Å²) < 4.78 is 0. The second kappa shape index (κ2) is 13.6. The first-order chi connectivity index (χ1) is 11.3. The minimum atomic E-state index is 0. The predicted molar refractivity (Wildman–Crippen MR) is 109 cm³/mol. The van der Waals surface area contributed by atoms with Crippen LogP contribution in [0.3, 0.4) is 0 Å². The Morgan fingerprint density at radius 1 is 0.750 bits per heavy atom. The van der Waals surface area contributed by atoms with E-state index in [-0.39, 0.29) is 7.43 Å². The van der Waals surface area contributed by atoms with Crippen molar-refractivity contribution in [1.29, 1.82) is 0 Å². The second-order valence-electron chi connectivity index (χ2n) is 4.78. The van der Waals surface area contributed by atoms with Crippen molar-refractivity contribution in [2.24, 2.45) is 0 Å². The lowest BCUT2D eigenvalue weighted by Crippen LogP contribution is -1.66. The smallest absolute Gasteiger partial charge is 0.0242 e. The van der Waals surface area contributed by atoms with Crippen LogP contribution in [0.15, 0.2) is 97.6 Å². The normalized spacial score (nSPS) is 8.00. The van der Waals surface area contributed by atoms with Gasteiger partial charge in [-0.1, -0.05) is 110 Å². The van der Waals surface area contributed by atoms with Crippen molar-refractivity contribution >= 4 is 6.08 Å². The van der Waals surface area contributed by atoms with E-state index in [1.54, 1.807) is 0 Å². The third-order valence-electron chi connectivity index (χ3n) is 2.92. The van der Waals surface area contributed by atoms with Crippen LogP contribution in [0.2, 0.25) is 0 Å². The zero-order valence-corrected chi connectivity index (χ0v) is 13.5. The van der Waals surface area contributed by atoms with E-state index in [2.05, 4.69) is 31.6 Å². The molecule has 0 unspecified atom stereocenters. The van der Waals surface area contributed by atoms with E-state index >= 15 is 0 Å². The third kappa shape index (κ3) is 9.82. The van der Waals surface area contributed by atoms with Gasteiger partial charge in [-0.05, 0) is 24.6 Å². The molecule has 0 nitrogen and oxygen atoms in total. The van der Waals surface area contributed by atoms with Crippen LogP contribution in [-0.2, 0) is 0 Å². The van der Waals surface area contributed by atoms with Crippen molar-refractivity contribution in [3.05, 3.63) is 114 Å². The van der Waals surface area contributed by atoms with E-state index in [4.69, 9.17) is 6.42 Å². The SMILES string of the molecule is C.C#Cc1ccccc1.C=Cc1ccccc1.Cc1ccccc1. The Morgan fingerprint density at radius 2 is 1.17 bits per heavy atom. The zero-order chi connectivity index (χ0) is 16.8. The van der Waals surface area contributed by atoms with E-state index in [1.165, 1.54) is 11.1 Å². The van der Waals surface area contributed by atoms with Gasteiger partial charge in [0.1, 0.15) is 0 Å². The number of benzene rings is 3. The molecule has 24 heavy (non-hydrogen) atoms. The highest BCUT2D eigenvalue weighted by Crippen LogP contribution is 1.97. The van der Waals surface area contributed by atoms with Crippen LogP contribution in [0.5, 0.6) is 0 Å². The highest BCUT2D eigenvalue weighted by atomic mass is 13.8. The molecule has 0 aromatic heterocycles. The number of rotatable bonds is 1. The largest absolute Gasteiger partial charge is 0.115 e. The van der Waals surface area contributed by atoms with Crippen molar-refractivity contribution in [2.75, 3.05) is 0 Å². The van der Waals surface area contributed by atoms with Crippen molar-refractivity contribution < 1.29 is 0 Å². The quantitative estimate of drug-likeness (QED) is 0.442. The summed E-state index contributed by atoms with van der Waals surface area (Å²) in [7, 11) is 0. The lowest BCUT2D eigenvalue weighted by molar-refractivity contribution is 1.48. The summed E-state index contributed by atoms with van der Waals surface area (Å²) >= 11 is 0. The molecule has 0 N–H and O–H groups in total. The van der Waals surface area contributed by atoms with Gasteiger partial charge < -0.3 is 0 Å². The Labute approximate surface area is 147 Å². The van der Waals surface area contributed by atoms with E-state index in [0.717, 1.165) is 5.56 Å². The molecule has 3 rings (SSSR count). The molecule has 0 atom stereocenters. The molecule has 3 aromatic rings. The first kappa shape index (κ1) is 21.0. The molecule has 0 saturated heterocycles. The van der Waals surface area contributed by atoms with Gasteiger partial charge >= 0.3 is 0 Å². The van der Waals surface area contributed by atoms with Gasteiger partial charge in [-0.25, -0.2) is 0 Å². The van der Waals surface area contributed by atoms with Gasteiger partial charge in [-0.15, -0.1) is 6.42 Å². The summed E-state index contributed by atoms with van der Waals surface area (Å²) in [4.78, 5) is 0. The van der Waals surface area contributed by atoms with Crippen molar-refractivity contribution in [1.82, 2.24) is 0 Å². The first-order valence-electron chi connectivity index (χ1n) is 7.47. The summed E-state index contributed by atoms with van der Waals surface area (Å²) in [6, 6.07) is 29.9. The molecule has 3 aromatic carbocycles. The summed E-state index contributed by atoms with van der Waals surface area (Å²) in [5.41, 5.74) is 3.43. The van der Waals surface area contributed by atoms with Crippen LogP contribution in [0, 0.1) is 19.3 Å². The molecule has 0 radical (unpaired) electrons. The molecular weight excluding hydrogens is 288 g/mol. The number of hydrogen-bond donors (Lipinski definition) is 0. The topological polar surface area (TPSA) is 0 Å². The molecule has 0 heterocycles. The zero-order valence-electron chi connectivity index (χ0n) is 13.5. The Bertz CT molecular complexity index is 689. The molecule has 0 bridgehead atoms. The standard InChI is InChI=1S/C8H8.C8H6.C7H8.CH4/c2*1-2-8-6-4-3-5-7-8;1-7-5-3-2-4-6-7;/h2-7H,1H2;1,3-7H;2-6H,1H3;1H4.